The third kappa shape index (κ3) is 4.48. The highest BCUT2D eigenvalue weighted by Crippen LogP contribution is 2.09. The number of halogens is 1. The molecule has 2 aromatic heterocycles. The lowest BCUT2D eigenvalue weighted by Gasteiger charge is -2.07. The molecule has 4 N–H and O–H groups in total. The first-order chi connectivity index (χ1) is 10.6. The fraction of sp³-hybridized carbons (Fsp3) is 0.154. The third-order valence-electron chi connectivity index (χ3n) is 2.63. The standard InChI is InChI=1S/C13H13BrN4O4/c14-9-5-10(16-6-9)13(21)18-17-11(19)1-3-15-12(20)8-2-4-22-7-8/h2,4-7,16H,1,3H2,(H,15,20)(H,17,19)(H,18,21). The maximum Gasteiger partial charge on any atom is 0.286 e. The Kier molecular flexibility index (Phi) is 5.37. The number of hydrogen-bond donors (Lipinski definition) is 4. The summed E-state index contributed by atoms with van der Waals surface area (Å²) in [5.74, 6) is -1.23. The average molecular weight is 369 g/mol. The van der Waals surface area contributed by atoms with Crippen LogP contribution in [0.3, 0.4) is 0 Å². The molecule has 0 bridgehead atoms. The van der Waals surface area contributed by atoms with Gasteiger partial charge in [-0.1, -0.05) is 0 Å². The average Bonchev–Trinajstić information content (AvgIpc) is 3.15. The van der Waals surface area contributed by atoms with Crippen molar-refractivity contribution < 1.29 is 18.8 Å². The van der Waals surface area contributed by atoms with Crippen LogP contribution in [0.5, 0.6) is 0 Å². The van der Waals surface area contributed by atoms with E-state index >= 15 is 0 Å². The molecule has 3 amide bonds. The fourth-order valence-electron chi connectivity index (χ4n) is 1.54. The lowest BCUT2D eigenvalue weighted by molar-refractivity contribution is -0.121. The number of nitrogens with one attached hydrogen (secondary N) is 4. The molecule has 0 spiro atoms. The van der Waals surface area contributed by atoms with E-state index in [1.165, 1.54) is 18.6 Å². The zero-order valence-corrected chi connectivity index (χ0v) is 12.9. The molecular weight excluding hydrogens is 356 g/mol. The van der Waals surface area contributed by atoms with Gasteiger partial charge in [-0.25, -0.2) is 0 Å². The Morgan fingerprint density at radius 1 is 1.23 bits per heavy atom. The van der Waals surface area contributed by atoms with E-state index in [9.17, 15) is 14.4 Å². The molecule has 0 radical (unpaired) electrons. The Bertz CT molecular complexity index is 665. The van der Waals surface area contributed by atoms with E-state index in [1.54, 1.807) is 12.3 Å². The molecule has 0 fully saturated rings. The second-order valence-corrected chi connectivity index (χ2v) is 5.17. The number of hydrogen-bond acceptors (Lipinski definition) is 4. The van der Waals surface area contributed by atoms with Crippen molar-refractivity contribution in [2.75, 3.05) is 6.54 Å². The summed E-state index contributed by atoms with van der Waals surface area (Å²) in [7, 11) is 0. The number of H-pyrrole nitrogens is 1. The Balaban J connectivity index is 1.66. The van der Waals surface area contributed by atoms with Crippen LogP contribution in [0.2, 0.25) is 0 Å². The molecule has 0 aliphatic heterocycles. The summed E-state index contributed by atoms with van der Waals surface area (Å²) in [6.07, 6.45) is 4.32. The van der Waals surface area contributed by atoms with E-state index in [4.69, 9.17) is 4.42 Å². The van der Waals surface area contributed by atoms with Crippen LogP contribution in [-0.4, -0.2) is 29.3 Å². The normalized spacial score (nSPS) is 10.0. The molecule has 22 heavy (non-hydrogen) atoms. The predicted molar refractivity (Wildman–Crippen MR) is 79.8 cm³/mol. The number of furan rings is 1. The van der Waals surface area contributed by atoms with Crippen molar-refractivity contribution in [1.82, 2.24) is 21.2 Å². The fourth-order valence-corrected chi connectivity index (χ4v) is 1.88. The van der Waals surface area contributed by atoms with Crippen LogP contribution in [0, 0.1) is 0 Å². The minimum Gasteiger partial charge on any atom is -0.472 e. The van der Waals surface area contributed by atoms with Crippen molar-refractivity contribution in [3.8, 4) is 0 Å². The lowest BCUT2D eigenvalue weighted by atomic mass is 10.3. The van der Waals surface area contributed by atoms with Crippen molar-refractivity contribution in [2.45, 2.75) is 6.42 Å². The molecule has 2 rings (SSSR count). The van der Waals surface area contributed by atoms with Crippen molar-refractivity contribution in [3.05, 3.63) is 46.6 Å². The molecule has 0 aliphatic rings. The summed E-state index contributed by atoms with van der Waals surface area (Å²) < 4.78 is 5.51. The Hall–Kier alpha value is -2.55. The smallest absolute Gasteiger partial charge is 0.286 e. The molecule has 9 heteroatoms. The Morgan fingerprint density at radius 2 is 2.05 bits per heavy atom. The van der Waals surface area contributed by atoms with Gasteiger partial charge in [0.1, 0.15) is 12.0 Å². The minimum absolute atomic E-state index is 0.0261. The van der Waals surface area contributed by atoms with Crippen LogP contribution < -0.4 is 16.2 Å². The summed E-state index contributed by atoms with van der Waals surface area (Å²) >= 11 is 3.20. The number of amides is 3. The molecular formula is C13H13BrN4O4. The SMILES string of the molecule is O=C(CCNC(=O)c1ccoc1)NNC(=O)c1cc(Br)c[nH]1. The topological polar surface area (TPSA) is 116 Å². The van der Waals surface area contributed by atoms with E-state index in [1.807, 2.05) is 0 Å². The molecule has 0 unspecified atom stereocenters. The second kappa shape index (κ2) is 7.46. The van der Waals surface area contributed by atoms with Gasteiger partial charge in [-0.15, -0.1) is 0 Å². The first-order valence-corrected chi connectivity index (χ1v) is 7.09. The van der Waals surface area contributed by atoms with Gasteiger partial charge >= 0.3 is 0 Å². The van der Waals surface area contributed by atoms with Gasteiger partial charge in [0, 0.05) is 23.6 Å². The zero-order chi connectivity index (χ0) is 15.9. The highest BCUT2D eigenvalue weighted by Gasteiger charge is 2.10. The maximum atomic E-state index is 11.6. The number of rotatable bonds is 5. The van der Waals surface area contributed by atoms with Gasteiger partial charge in [0.15, 0.2) is 0 Å². The Morgan fingerprint density at radius 3 is 2.68 bits per heavy atom. The van der Waals surface area contributed by atoms with Crippen LogP contribution in [0.25, 0.3) is 0 Å². The first-order valence-electron chi connectivity index (χ1n) is 6.30. The van der Waals surface area contributed by atoms with Crippen molar-refractivity contribution in [1.29, 1.82) is 0 Å². The number of carbonyl (C=O) groups excluding carboxylic acids is 3. The molecule has 0 saturated heterocycles. The zero-order valence-electron chi connectivity index (χ0n) is 11.3. The molecule has 0 atom stereocenters. The van der Waals surface area contributed by atoms with Crippen LogP contribution in [0.15, 0.2) is 39.7 Å². The molecule has 0 aliphatic carbocycles. The quantitative estimate of drug-likeness (QED) is 0.587. The van der Waals surface area contributed by atoms with Crippen LogP contribution in [0.4, 0.5) is 0 Å². The minimum atomic E-state index is -0.471. The van der Waals surface area contributed by atoms with E-state index in [2.05, 4.69) is 37.1 Å². The molecule has 0 aromatic carbocycles. The van der Waals surface area contributed by atoms with E-state index in [0.717, 1.165) is 4.47 Å². The van der Waals surface area contributed by atoms with Gasteiger partial charge in [-0.2, -0.15) is 0 Å². The van der Waals surface area contributed by atoms with Crippen molar-refractivity contribution in [2.24, 2.45) is 0 Å². The maximum absolute atomic E-state index is 11.6. The van der Waals surface area contributed by atoms with E-state index < -0.39 is 11.8 Å². The van der Waals surface area contributed by atoms with Gasteiger partial charge in [-0.05, 0) is 28.1 Å². The third-order valence-corrected chi connectivity index (χ3v) is 3.09. The first kappa shape index (κ1) is 15.8. The van der Waals surface area contributed by atoms with Gasteiger partial charge in [0.2, 0.25) is 5.91 Å². The molecule has 0 saturated carbocycles. The van der Waals surface area contributed by atoms with Crippen LogP contribution in [0.1, 0.15) is 27.3 Å². The van der Waals surface area contributed by atoms with Gasteiger partial charge < -0.3 is 14.7 Å². The molecule has 2 aromatic rings. The second-order valence-electron chi connectivity index (χ2n) is 4.25. The number of carbonyl (C=O) groups is 3. The van der Waals surface area contributed by atoms with E-state index in [0.29, 0.717) is 11.3 Å². The van der Waals surface area contributed by atoms with Gasteiger partial charge in [-0.3, -0.25) is 25.2 Å². The highest BCUT2D eigenvalue weighted by molar-refractivity contribution is 9.10. The Labute approximate surface area is 133 Å². The summed E-state index contributed by atoms with van der Waals surface area (Å²) in [5, 5.41) is 2.55. The number of aromatic nitrogens is 1. The largest absolute Gasteiger partial charge is 0.472 e. The number of hydrazine groups is 1. The molecule has 116 valence electrons. The summed E-state index contributed by atoms with van der Waals surface area (Å²) in [4.78, 5) is 37.5. The summed E-state index contributed by atoms with van der Waals surface area (Å²) in [6, 6.07) is 3.09. The van der Waals surface area contributed by atoms with Gasteiger partial charge in [0.25, 0.3) is 11.8 Å². The van der Waals surface area contributed by atoms with Crippen molar-refractivity contribution >= 4 is 33.7 Å². The summed E-state index contributed by atoms with van der Waals surface area (Å²) in [6.45, 7) is 0.139. The molecule has 2 heterocycles. The predicted octanol–water partition coefficient (Wildman–Crippen LogP) is 0.951. The van der Waals surface area contributed by atoms with Gasteiger partial charge in [0.05, 0.1) is 11.8 Å². The summed E-state index contributed by atoms with van der Waals surface area (Å²) in [5.41, 5.74) is 5.20. The highest BCUT2D eigenvalue weighted by atomic mass is 79.9. The lowest BCUT2D eigenvalue weighted by Crippen LogP contribution is -2.42. The van der Waals surface area contributed by atoms with Crippen LogP contribution in [-0.2, 0) is 4.79 Å². The van der Waals surface area contributed by atoms with E-state index in [-0.39, 0.29) is 18.9 Å². The van der Waals surface area contributed by atoms with Crippen molar-refractivity contribution in [3.63, 3.8) is 0 Å². The number of aromatic amines is 1. The monoisotopic (exact) mass is 368 g/mol. The van der Waals surface area contributed by atoms with Crippen LogP contribution >= 0.6 is 15.9 Å². The molecule has 8 nitrogen and oxygen atoms in total.